The number of rotatable bonds is 6. The number of furan rings is 1. The van der Waals surface area contributed by atoms with Crippen LogP contribution in [-0.2, 0) is 4.79 Å². The molecule has 4 aromatic rings. The summed E-state index contributed by atoms with van der Waals surface area (Å²) in [7, 11) is 0. The highest BCUT2D eigenvalue weighted by Gasteiger charge is 2.28. The lowest BCUT2D eigenvalue weighted by Gasteiger charge is -2.22. The van der Waals surface area contributed by atoms with Gasteiger partial charge in [0.25, 0.3) is 0 Å². The molecule has 0 bridgehead atoms. The van der Waals surface area contributed by atoms with Crippen LogP contribution >= 0.6 is 0 Å². The molecule has 0 fully saturated rings. The van der Waals surface area contributed by atoms with E-state index in [4.69, 9.17) is 15.1 Å². The van der Waals surface area contributed by atoms with Crippen LogP contribution in [0.25, 0.3) is 17.4 Å². The maximum Gasteiger partial charge on any atom is 0.221 e. The number of benzene rings is 1. The molecule has 140 valence electrons. The first-order valence-corrected chi connectivity index (χ1v) is 8.90. The molecule has 7 heteroatoms. The van der Waals surface area contributed by atoms with Crippen LogP contribution in [0.15, 0.2) is 77.7 Å². The van der Waals surface area contributed by atoms with Gasteiger partial charge in [-0.15, -0.1) is 0 Å². The van der Waals surface area contributed by atoms with Crippen molar-refractivity contribution in [3.8, 4) is 17.4 Å². The van der Waals surface area contributed by atoms with Crippen LogP contribution in [0.5, 0.6) is 0 Å². The predicted octanol–water partition coefficient (Wildman–Crippen LogP) is 3.18. The van der Waals surface area contributed by atoms with Gasteiger partial charge in [-0.25, -0.2) is 14.6 Å². The summed E-state index contributed by atoms with van der Waals surface area (Å²) < 4.78 is 7.14. The average molecular weight is 373 g/mol. The molecule has 2 unspecified atom stereocenters. The molecule has 4 rings (SSSR count). The molecule has 0 saturated carbocycles. The number of hydrogen-bond acceptors (Lipinski definition) is 5. The maximum atomic E-state index is 12.1. The molecule has 28 heavy (non-hydrogen) atoms. The van der Waals surface area contributed by atoms with Gasteiger partial charge >= 0.3 is 0 Å². The highest BCUT2D eigenvalue weighted by Crippen LogP contribution is 2.32. The van der Waals surface area contributed by atoms with Gasteiger partial charge < -0.3 is 10.2 Å². The Balaban J connectivity index is 1.91. The van der Waals surface area contributed by atoms with E-state index in [1.54, 1.807) is 35.5 Å². The number of primary amides is 1. The third-order valence-electron chi connectivity index (χ3n) is 4.64. The quantitative estimate of drug-likeness (QED) is 0.559. The van der Waals surface area contributed by atoms with Gasteiger partial charge in [-0.2, -0.15) is 5.10 Å². The van der Waals surface area contributed by atoms with Gasteiger partial charge in [0.15, 0.2) is 17.4 Å². The first-order chi connectivity index (χ1) is 13.6. The minimum absolute atomic E-state index is 0.329. The molecule has 1 amide bonds. The lowest BCUT2D eigenvalue weighted by atomic mass is 9.84. The lowest BCUT2D eigenvalue weighted by Crippen LogP contribution is -2.28. The van der Waals surface area contributed by atoms with Crippen LogP contribution in [0.2, 0.25) is 0 Å². The predicted molar refractivity (Wildman–Crippen MR) is 103 cm³/mol. The van der Waals surface area contributed by atoms with Crippen LogP contribution in [0.4, 0.5) is 0 Å². The van der Waals surface area contributed by atoms with Gasteiger partial charge in [0.1, 0.15) is 0 Å². The Hall–Kier alpha value is -3.74. The molecule has 3 aromatic heterocycles. The van der Waals surface area contributed by atoms with Gasteiger partial charge in [0, 0.05) is 30.3 Å². The van der Waals surface area contributed by atoms with Crippen LogP contribution < -0.4 is 5.73 Å². The number of hydrogen-bond donors (Lipinski definition) is 1. The second kappa shape index (κ2) is 7.48. The lowest BCUT2D eigenvalue weighted by molar-refractivity contribution is -0.121. The van der Waals surface area contributed by atoms with Crippen LogP contribution in [-0.4, -0.2) is 25.7 Å². The zero-order valence-corrected chi connectivity index (χ0v) is 15.3. The summed E-state index contributed by atoms with van der Waals surface area (Å²) in [6, 6.07) is 16.9. The Bertz CT molecular complexity index is 1010. The fourth-order valence-corrected chi connectivity index (χ4v) is 3.19. The second-order valence-corrected chi connectivity index (χ2v) is 6.48. The molecular weight excluding hydrogens is 354 g/mol. The summed E-state index contributed by atoms with van der Waals surface area (Å²) in [5.74, 6) is 0.350. The van der Waals surface area contributed by atoms with E-state index in [9.17, 15) is 4.79 Å². The molecule has 1 aromatic carbocycles. The van der Waals surface area contributed by atoms with Gasteiger partial charge in [-0.3, -0.25) is 4.79 Å². The standard InChI is InChI=1S/C21H19N5O2/c1-14(20(22)27)19(15-7-3-2-4-8-15)16-13-18(26-11-6-10-23-26)25-21(24-16)17-9-5-12-28-17/h2-14,19H,1H3,(H2,22,27). The Kier molecular flexibility index (Phi) is 4.72. The molecule has 0 aliphatic heterocycles. The van der Waals surface area contributed by atoms with Crippen molar-refractivity contribution in [2.75, 3.05) is 0 Å². The summed E-state index contributed by atoms with van der Waals surface area (Å²) in [6.45, 7) is 1.81. The zero-order valence-electron chi connectivity index (χ0n) is 15.3. The molecule has 0 aliphatic carbocycles. The molecule has 0 saturated heterocycles. The highest BCUT2D eigenvalue weighted by molar-refractivity contribution is 5.78. The van der Waals surface area contributed by atoms with Gasteiger partial charge in [-0.1, -0.05) is 37.3 Å². The van der Waals surface area contributed by atoms with Crippen molar-refractivity contribution in [1.29, 1.82) is 0 Å². The Labute approximate surface area is 161 Å². The number of carbonyl (C=O) groups excluding carboxylic acids is 1. The minimum atomic E-state index is -0.466. The summed E-state index contributed by atoms with van der Waals surface area (Å²) in [5.41, 5.74) is 7.28. The highest BCUT2D eigenvalue weighted by atomic mass is 16.3. The molecule has 0 radical (unpaired) electrons. The van der Waals surface area contributed by atoms with Crippen molar-refractivity contribution in [1.82, 2.24) is 19.7 Å². The second-order valence-electron chi connectivity index (χ2n) is 6.48. The fourth-order valence-electron chi connectivity index (χ4n) is 3.19. The van der Waals surface area contributed by atoms with E-state index in [1.807, 2.05) is 49.4 Å². The number of nitrogens with two attached hydrogens (primary N) is 1. The molecule has 0 spiro atoms. The molecule has 2 N–H and O–H groups in total. The number of nitrogens with zero attached hydrogens (tertiary/aromatic N) is 4. The molecular formula is C21H19N5O2. The van der Waals surface area contributed by atoms with Crippen molar-refractivity contribution in [3.63, 3.8) is 0 Å². The van der Waals surface area contributed by atoms with Gasteiger partial charge in [0.2, 0.25) is 5.91 Å². The van der Waals surface area contributed by atoms with Crippen molar-refractivity contribution in [2.45, 2.75) is 12.8 Å². The SMILES string of the molecule is CC(C(N)=O)C(c1ccccc1)c1cc(-n2cccn2)nc(-c2ccco2)n1. The number of aromatic nitrogens is 4. The zero-order chi connectivity index (χ0) is 19.5. The van der Waals surface area contributed by atoms with E-state index < -0.39 is 11.8 Å². The summed E-state index contributed by atoms with van der Waals surface area (Å²) in [4.78, 5) is 21.3. The molecule has 7 nitrogen and oxygen atoms in total. The van der Waals surface area contributed by atoms with E-state index in [0.717, 1.165) is 5.56 Å². The maximum absolute atomic E-state index is 12.1. The number of amides is 1. The van der Waals surface area contributed by atoms with Gasteiger partial charge in [-0.05, 0) is 23.8 Å². The summed E-state index contributed by atoms with van der Waals surface area (Å²) >= 11 is 0. The van der Waals surface area contributed by atoms with E-state index in [-0.39, 0.29) is 5.92 Å². The van der Waals surface area contributed by atoms with E-state index >= 15 is 0 Å². The smallest absolute Gasteiger partial charge is 0.221 e. The third-order valence-corrected chi connectivity index (χ3v) is 4.64. The molecule has 3 heterocycles. The van der Waals surface area contributed by atoms with Crippen molar-refractivity contribution in [3.05, 3.63) is 84.5 Å². The van der Waals surface area contributed by atoms with E-state index in [2.05, 4.69) is 10.1 Å². The fraction of sp³-hybridized carbons (Fsp3) is 0.143. The van der Waals surface area contributed by atoms with Crippen molar-refractivity contribution in [2.24, 2.45) is 11.7 Å². The Morgan fingerprint density at radius 1 is 1.11 bits per heavy atom. The molecule has 2 atom stereocenters. The van der Waals surface area contributed by atoms with Crippen molar-refractivity contribution < 1.29 is 9.21 Å². The van der Waals surface area contributed by atoms with Crippen LogP contribution in [0, 0.1) is 5.92 Å². The average Bonchev–Trinajstić information content (AvgIpc) is 3.43. The summed E-state index contributed by atoms with van der Waals surface area (Å²) in [6.07, 6.45) is 5.04. The first kappa shape index (κ1) is 17.7. The largest absolute Gasteiger partial charge is 0.461 e. The monoisotopic (exact) mass is 373 g/mol. The van der Waals surface area contributed by atoms with Gasteiger partial charge in [0.05, 0.1) is 12.0 Å². The minimum Gasteiger partial charge on any atom is -0.461 e. The first-order valence-electron chi connectivity index (χ1n) is 8.90. The number of carbonyl (C=O) groups is 1. The van der Waals surface area contributed by atoms with Crippen LogP contribution in [0.1, 0.15) is 24.1 Å². The molecule has 0 aliphatic rings. The van der Waals surface area contributed by atoms with E-state index in [1.165, 1.54) is 0 Å². The van der Waals surface area contributed by atoms with Crippen LogP contribution in [0.3, 0.4) is 0 Å². The summed E-state index contributed by atoms with van der Waals surface area (Å²) in [5, 5.41) is 4.27. The Morgan fingerprint density at radius 2 is 1.93 bits per heavy atom. The van der Waals surface area contributed by atoms with Crippen molar-refractivity contribution >= 4 is 5.91 Å². The van der Waals surface area contributed by atoms with E-state index in [0.29, 0.717) is 23.1 Å². The normalized spacial score (nSPS) is 13.2. The third kappa shape index (κ3) is 3.42. The Morgan fingerprint density at radius 3 is 2.57 bits per heavy atom. The topological polar surface area (TPSA) is 99.8 Å².